The number of aliphatic hydroxyl groups excluding tert-OH is 1. The Morgan fingerprint density at radius 1 is 1.06 bits per heavy atom. The molecule has 1 atom stereocenters. The molecule has 8 heteroatoms. The number of carbonyl (C=O) groups excluding carboxylic acids is 1. The molecule has 0 aliphatic carbocycles. The van der Waals surface area contributed by atoms with Crippen molar-refractivity contribution in [2.45, 2.75) is 84.2 Å². The van der Waals surface area contributed by atoms with Crippen LogP contribution in [0, 0.1) is 0 Å². The maximum Gasteiger partial charge on any atom is 0.308 e. The molecule has 0 heterocycles. The predicted octanol–water partition coefficient (Wildman–Crippen LogP) is 5.85. The molecule has 0 saturated carbocycles. The maximum atomic E-state index is 12.3. The number of aliphatic hydroxyl groups is 1. The minimum Gasteiger partial charge on any atom is -0.543 e. The molecule has 0 amide bonds. The third kappa shape index (κ3) is 7.59. The van der Waals surface area contributed by atoms with Crippen LogP contribution in [0.1, 0.15) is 53.5 Å². The summed E-state index contributed by atoms with van der Waals surface area (Å²) in [6, 6.07) is 7.58. The van der Waals surface area contributed by atoms with E-state index < -0.39 is 26.0 Å². The summed E-state index contributed by atoms with van der Waals surface area (Å²) in [6.07, 6.45) is -0.853. The molecule has 1 N–H and O–H groups in total. The van der Waals surface area contributed by atoms with E-state index in [-0.39, 0.29) is 24.7 Å². The van der Waals surface area contributed by atoms with Crippen molar-refractivity contribution in [3.8, 4) is 17.2 Å². The van der Waals surface area contributed by atoms with Gasteiger partial charge in [-0.05, 0) is 56.6 Å². The second kappa shape index (κ2) is 11.2. The van der Waals surface area contributed by atoms with Crippen molar-refractivity contribution < 1.29 is 33.3 Å². The Labute approximate surface area is 210 Å². The van der Waals surface area contributed by atoms with E-state index in [2.05, 4.69) is 33.9 Å². The van der Waals surface area contributed by atoms with Crippen LogP contribution >= 0.6 is 0 Å². The molecule has 0 radical (unpaired) electrons. The van der Waals surface area contributed by atoms with Crippen LogP contribution in [0.2, 0.25) is 18.1 Å². The van der Waals surface area contributed by atoms with Gasteiger partial charge < -0.3 is 28.5 Å². The number of rotatable bonds is 10. The second-order valence-electron chi connectivity index (χ2n) is 11.3. The molecule has 0 fully saturated rings. The molecule has 0 bridgehead atoms. The van der Waals surface area contributed by atoms with E-state index in [4.69, 9.17) is 23.4 Å². The van der Waals surface area contributed by atoms with Gasteiger partial charge in [0.1, 0.15) is 22.8 Å². The highest BCUT2D eigenvalue weighted by Gasteiger charge is 2.40. The molecule has 2 aromatic carbocycles. The fourth-order valence-electron chi connectivity index (χ4n) is 3.43. The zero-order chi connectivity index (χ0) is 26.6. The van der Waals surface area contributed by atoms with Crippen LogP contribution in [0.4, 0.5) is 0 Å². The summed E-state index contributed by atoms with van der Waals surface area (Å²) in [4.78, 5) is 12.3. The van der Waals surface area contributed by atoms with Gasteiger partial charge in [0.05, 0.1) is 25.0 Å². The van der Waals surface area contributed by atoms with Gasteiger partial charge in [-0.3, -0.25) is 4.79 Å². The van der Waals surface area contributed by atoms with Crippen LogP contribution in [0.5, 0.6) is 17.2 Å². The van der Waals surface area contributed by atoms with Crippen LogP contribution in [-0.4, -0.2) is 52.1 Å². The van der Waals surface area contributed by atoms with Gasteiger partial charge in [-0.2, -0.15) is 0 Å². The normalized spacial score (nSPS) is 13.5. The van der Waals surface area contributed by atoms with Gasteiger partial charge in [-0.25, -0.2) is 0 Å². The van der Waals surface area contributed by atoms with Crippen molar-refractivity contribution in [1.29, 1.82) is 0 Å². The summed E-state index contributed by atoms with van der Waals surface area (Å²) in [5.74, 6) is 1.44. The molecule has 0 aliphatic heterocycles. The second-order valence-corrected chi connectivity index (χ2v) is 16.0. The third-order valence-electron chi connectivity index (χ3n) is 6.11. The van der Waals surface area contributed by atoms with Crippen LogP contribution in [0.25, 0.3) is 10.8 Å². The first-order valence-electron chi connectivity index (χ1n) is 11.9. The van der Waals surface area contributed by atoms with Crippen LogP contribution in [0.15, 0.2) is 24.3 Å². The fourth-order valence-corrected chi connectivity index (χ4v) is 4.49. The Morgan fingerprint density at radius 2 is 1.71 bits per heavy atom. The quantitative estimate of drug-likeness (QED) is 0.246. The Kier molecular flexibility index (Phi) is 9.25. The summed E-state index contributed by atoms with van der Waals surface area (Å²) in [5.41, 5.74) is 0.150. The average Bonchev–Trinajstić information content (AvgIpc) is 2.71. The molecule has 35 heavy (non-hydrogen) atoms. The predicted molar refractivity (Wildman–Crippen MR) is 141 cm³/mol. The maximum absolute atomic E-state index is 12.3. The average molecular weight is 507 g/mol. The number of hydrogen-bond acceptors (Lipinski definition) is 7. The van der Waals surface area contributed by atoms with E-state index in [9.17, 15) is 9.90 Å². The van der Waals surface area contributed by atoms with E-state index in [1.54, 1.807) is 35.0 Å². The van der Waals surface area contributed by atoms with Gasteiger partial charge >= 0.3 is 5.97 Å². The Hall–Kier alpha value is -2.29. The summed E-state index contributed by atoms with van der Waals surface area (Å²) >= 11 is 0. The van der Waals surface area contributed by atoms with Crippen LogP contribution in [0.3, 0.4) is 0 Å². The minimum absolute atomic E-state index is 0.0458. The summed E-state index contributed by atoms with van der Waals surface area (Å²) < 4.78 is 28.9. The van der Waals surface area contributed by atoms with Gasteiger partial charge in [0.15, 0.2) is 6.79 Å². The van der Waals surface area contributed by atoms with Crippen molar-refractivity contribution in [2.24, 2.45) is 0 Å². The number of benzene rings is 2. The molecule has 196 valence electrons. The molecule has 0 aliphatic rings. The number of esters is 1. The van der Waals surface area contributed by atoms with Gasteiger partial charge in [0, 0.05) is 18.9 Å². The zero-order valence-corrected chi connectivity index (χ0v) is 23.9. The standard InChI is InChI=1S/C27H42O7Si/c1-26(2,3)33-23(29)16-19(28)14-18-15-22(31-8)24-20(12-11-13-21(24)32-17-30-7)25(18)34-35(9,10)27(4,5)6/h11-13,15,19,28H,14,16-17H2,1-10H3/t19-/m0/s1. The van der Waals surface area contributed by atoms with Gasteiger partial charge in [0.2, 0.25) is 0 Å². The first-order valence-corrected chi connectivity index (χ1v) is 14.8. The Bertz CT molecular complexity index is 1020. The monoisotopic (exact) mass is 506 g/mol. The molecular formula is C27H42O7Si. The highest BCUT2D eigenvalue weighted by atomic mass is 28.4. The first kappa shape index (κ1) is 28.9. The Morgan fingerprint density at radius 3 is 2.26 bits per heavy atom. The summed E-state index contributed by atoms with van der Waals surface area (Å²) in [7, 11) is 0.903. The van der Waals surface area contributed by atoms with E-state index in [1.807, 2.05) is 24.3 Å². The lowest BCUT2D eigenvalue weighted by Crippen LogP contribution is -2.44. The number of carbonyl (C=O) groups is 1. The lowest BCUT2D eigenvalue weighted by atomic mass is 9.98. The largest absolute Gasteiger partial charge is 0.543 e. The Balaban J connectivity index is 2.61. The van der Waals surface area contributed by atoms with E-state index in [1.165, 1.54) is 0 Å². The highest BCUT2D eigenvalue weighted by molar-refractivity contribution is 6.74. The number of methoxy groups -OCH3 is 2. The smallest absolute Gasteiger partial charge is 0.308 e. The number of fused-ring (bicyclic) bond motifs is 1. The third-order valence-corrected chi connectivity index (χ3v) is 10.4. The minimum atomic E-state index is -2.26. The molecule has 7 nitrogen and oxygen atoms in total. The molecule has 0 aromatic heterocycles. The van der Waals surface area contributed by atoms with E-state index in [0.29, 0.717) is 17.2 Å². The van der Waals surface area contributed by atoms with E-state index >= 15 is 0 Å². The molecule has 2 aromatic rings. The molecule has 0 spiro atoms. The lowest BCUT2D eigenvalue weighted by Gasteiger charge is -2.37. The highest BCUT2D eigenvalue weighted by Crippen LogP contribution is 2.46. The summed E-state index contributed by atoms with van der Waals surface area (Å²) in [5, 5.41) is 12.4. The van der Waals surface area contributed by atoms with Crippen molar-refractivity contribution in [2.75, 3.05) is 21.0 Å². The van der Waals surface area contributed by atoms with E-state index in [0.717, 1.165) is 16.3 Å². The fraction of sp³-hybridized carbons (Fsp3) is 0.593. The molecule has 2 rings (SSSR count). The first-order chi connectivity index (χ1) is 16.1. The van der Waals surface area contributed by atoms with Crippen molar-refractivity contribution in [3.63, 3.8) is 0 Å². The van der Waals surface area contributed by atoms with Gasteiger partial charge in [0.25, 0.3) is 8.32 Å². The van der Waals surface area contributed by atoms with Crippen LogP contribution < -0.4 is 13.9 Å². The van der Waals surface area contributed by atoms with Crippen molar-refractivity contribution in [3.05, 3.63) is 29.8 Å². The SMILES string of the molecule is COCOc1cccc2c(O[Si](C)(C)C(C)(C)C)c(C[C@H](O)CC(=O)OC(C)(C)C)cc(OC)c12. The molecular weight excluding hydrogens is 464 g/mol. The topological polar surface area (TPSA) is 83.5 Å². The molecule has 0 saturated heterocycles. The van der Waals surface area contributed by atoms with Gasteiger partial charge in [-0.1, -0.05) is 32.9 Å². The van der Waals surface area contributed by atoms with Crippen LogP contribution in [-0.2, 0) is 20.7 Å². The zero-order valence-electron chi connectivity index (χ0n) is 22.9. The molecule has 0 unspecified atom stereocenters. The van der Waals surface area contributed by atoms with Crippen molar-refractivity contribution in [1.82, 2.24) is 0 Å². The number of ether oxygens (including phenoxy) is 4. The van der Waals surface area contributed by atoms with Crippen molar-refractivity contribution >= 4 is 25.1 Å². The van der Waals surface area contributed by atoms with Gasteiger partial charge in [-0.15, -0.1) is 0 Å². The lowest BCUT2D eigenvalue weighted by molar-refractivity contribution is -0.157. The number of hydrogen-bond donors (Lipinski definition) is 1. The summed E-state index contributed by atoms with van der Waals surface area (Å²) in [6.45, 7) is 16.4.